The number of nitrogens with one attached hydrogen (secondary N) is 2. The fourth-order valence-electron chi connectivity index (χ4n) is 3.47. The van der Waals surface area contributed by atoms with Gasteiger partial charge in [0.1, 0.15) is 0 Å². The normalized spacial score (nSPS) is 11.1. The van der Waals surface area contributed by atoms with E-state index in [9.17, 15) is 9.59 Å². The number of aromatic nitrogens is 4. The Kier molecular flexibility index (Phi) is 7.65. The molecule has 0 aliphatic carbocycles. The van der Waals surface area contributed by atoms with Gasteiger partial charge in [-0.15, -0.1) is 0 Å². The third-order valence-electron chi connectivity index (χ3n) is 5.50. The number of allylic oxidation sites excluding steroid dienone is 1. The predicted molar refractivity (Wildman–Crippen MR) is 140 cm³/mol. The lowest BCUT2D eigenvalue weighted by Gasteiger charge is -2.09. The first kappa shape index (κ1) is 24.5. The van der Waals surface area contributed by atoms with E-state index in [1.807, 2.05) is 54.3 Å². The Labute approximate surface area is 210 Å². The van der Waals surface area contributed by atoms with Crippen LogP contribution in [0.25, 0.3) is 11.3 Å². The van der Waals surface area contributed by atoms with Gasteiger partial charge < -0.3 is 10.6 Å². The summed E-state index contributed by atoms with van der Waals surface area (Å²) in [6.45, 7) is 6.47. The Morgan fingerprint density at radius 3 is 2.44 bits per heavy atom. The number of amides is 1. The van der Waals surface area contributed by atoms with Crippen LogP contribution in [0.2, 0.25) is 0 Å². The molecule has 4 rings (SSSR count). The zero-order valence-electron chi connectivity index (χ0n) is 20.5. The zero-order chi connectivity index (χ0) is 25.5. The van der Waals surface area contributed by atoms with Gasteiger partial charge in [-0.3, -0.25) is 14.3 Å². The minimum atomic E-state index is -0.331. The minimum Gasteiger partial charge on any atom is -0.348 e. The van der Waals surface area contributed by atoms with Crippen molar-refractivity contribution in [2.45, 2.75) is 33.4 Å². The first-order valence-electron chi connectivity index (χ1n) is 11.7. The molecule has 0 bridgehead atoms. The fraction of sp³-hybridized carbons (Fsp3) is 0.179. The number of hydrogen-bond donors (Lipinski definition) is 2. The van der Waals surface area contributed by atoms with E-state index in [0.717, 1.165) is 28.1 Å². The lowest BCUT2D eigenvalue weighted by molar-refractivity contribution is -0.116. The summed E-state index contributed by atoms with van der Waals surface area (Å²) in [5, 5.41) is 10.4. The molecule has 8 nitrogen and oxygen atoms in total. The van der Waals surface area contributed by atoms with E-state index in [1.54, 1.807) is 30.5 Å². The molecule has 0 fully saturated rings. The van der Waals surface area contributed by atoms with Crippen LogP contribution in [0, 0.1) is 6.92 Å². The van der Waals surface area contributed by atoms with E-state index < -0.39 is 0 Å². The molecule has 1 amide bonds. The molecule has 36 heavy (non-hydrogen) atoms. The number of rotatable bonds is 9. The quantitative estimate of drug-likeness (QED) is 0.257. The lowest BCUT2D eigenvalue weighted by atomic mass is 10.1. The Hall–Kier alpha value is -4.59. The minimum absolute atomic E-state index is 0.212. The molecule has 0 spiro atoms. The fourth-order valence-corrected chi connectivity index (χ4v) is 3.47. The zero-order valence-corrected chi connectivity index (χ0v) is 20.5. The maximum Gasteiger partial charge on any atom is 0.244 e. The van der Waals surface area contributed by atoms with Gasteiger partial charge in [0.15, 0.2) is 5.78 Å². The summed E-state index contributed by atoms with van der Waals surface area (Å²) in [5.74, 6) is -0.0542. The largest absolute Gasteiger partial charge is 0.348 e. The predicted octanol–water partition coefficient (Wildman–Crippen LogP) is 5.03. The monoisotopic (exact) mass is 480 g/mol. The number of ketones is 1. The number of carbonyl (C=O) groups excluding carboxylic acids is 2. The van der Waals surface area contributed by atoms with Gasteiger partial charge in [-0.05, 0) is 50.1 Å². The SMILES string of the molecule is Cc1cnc(Nc2ccc(CNC(=O)/C=C/C(=O)c3ccccc3)cc2)nc1-c1cnn(C(C)C)c1. The van der Waals surface area contributed by atoms with Crippen LogP contribution in [-0.4, -0.2) is 31.4 Å². The van der Waals surface area contributed by atoms with Gasteiger partial charge in [0.2, 0.25) is 11.9 Å². The summed E-state index contributed by atoms with van der Waals surface area (Å²) >= 11 is 0. The van der Waals surface area contributed by atoms with Crippen LogP contribution in [0.5, 0.6) is 0 Å². The van der Waals surface area contributed by atoms with Crippen LogP contribution < -0.4 is 10.6 Å². The van der Waals surface area contributed by atoms with Crippen LogP contribution in [-0.2, 0) is 11.3 Å². The molecule has 8 heteroatoms. The highest BCUT2D eigenvalue weighted by Gasteiger charge is 2.11. The van der Waals surface area contributed by atoms with Gasteiger partial charge >= 0.3 is 0 Å². The second-order valence-corrected chi connectivity index (χ2v) is 8.63. The van der Waals surface area contributed by atoms with Crippen molar-refractivity contribution in [1.82, 2.24) is 25.1 Å². The average molecular weight is 481 g/mol. The number of nitrogens with zero attached hydrogens (tertiary/aromatic N) is 4. The van der Waals surface area contributed by atoms with E-state index in [0.29, 0.717) is 18.1 Å². The van der Waals surface area contributed by atoms with Crippen LogP contribution in [0.3, 0.4) is 0 Å². The molecule has 0 aliphatic heterocycles. The third-order valence-corrected chi connectivity index (χ3v) is 5.50. The van der Waals surface area contributed by atoms with Gasteiger partial charge in [0.25, 0.3) is 0 Å². The summed E-state index contributed by atoms with van der Waals surface area (Å²) in [4.78, 5) is 33.2. The van der Waals surface area contributed by atoms with Crippen molar-refractivity contribution >= 4 is 23.3 Å². The van der Waals surface area contributed by atoms with Crippen LogP contribution in [0.4, 0.5) is 11.6 Å². The topological polar surface area (TPSA) is 102 Å². The second kappa shape index (κ2) is 11.2. The lowest BCUT2D eigenvalue weighted by Crippen LogP contribution is -2.20. The van der Waals surface area contributed by atoms with E-state index in [4.69, 9.17) is 0 Å². The Balaban J connectivity index is 1.33. The highest BCUT2D eigenvalue weighted by atomic mass is 16.1. The highest BCUT2D eigenvalue weighted by Crippen LogP contribution is 2.23. The number of benzene rings is 2. The molecular formula is C28H28N6O2. The van der Waals surface area contributed by atoms with Crippen LogP contribution in [0.15, 0.2) is 85.3 Å². The molecule has 0 saturated carbocycles. The Morgan fingerprint density at radius 1 is 1.00 bits per heavy atom. The van der Waals surface area contributed by atoms with Crippen molar-refractivity contribution in [3.8, 4) is 11.3 Å². The molecule has 2 aromatic heterocycles. The molecule has 182 valence electrons. The smallest absolute Gasteiger partial charge is 0.244 e. The standard InChI is InChI=1S/C28H28N6O2/c1-19(2)34-18-23(17-31-34)27-20(3)15-30-28(33-27)32-24-11-9-21(10-12-24)16-29-26(36)14-13-25(35)22-7-5-4-6-8-22/h4-15,17-19H,16H2,1-3H3,(H,29,36)(H,30,32,33)/b14-13+. The summed E-state index contributed by atoms with van der Waals surface area (Å²) < 4.78 is 1.90. The second-order valence-electron chi connectivity index (χ2n) is 8.63. The highest BCUT2D eigenvalue weighted by molar-refractivity contribution is 6.07. The van der Waals surface area contributed by atoms with Gasteiger partial charge in [0, 0.05) is 47.9 Å². The summed E-state index contributed by atoms with van der Waals surface area (Å²) in [6, 6.07) is 16.7. The molecular weight excluding hydrogens is 452 g/mol. The molecule has 0 saturated heterocycles. The molecule has 4 aromatic rings. The number of hydrogen-bond acceptors (Lipinski definition) is 6. The number of carbonyl (C=O) groups is 2. The van der Waals surface area contributed by atoms with Crippen molar-refractivity contribution in [2.75, 3.05) is 5.32 Å². The van der Waals surface area contributed by atoms with Crippen LogP contribution >= 0.6 is 0 Å². The van der Waals surface area contributed by atoms with E-state index in [-0.39, 0.29) is 17.7 Å². The van der Waals surface area contributed by atoms with Crippen molar-refractivity contribution in [3.05, 3.63) is 102 Å². The average Bonchev–Trinajstić information content (AvgIpc) is 3.39. The first-order chi connectivity index (χ1) is 17.4. The summed E-state index contributed by atoms with van der Waals surface area (Å²) in [6.07, 6.45) is 8.12. The third kappa shape index (κ3) is 6.29. The van der Waals surface area contributed by atoms with Crippen molar-refractivity contribution in [1.29, 1.82) is 0 Å². The maximum atomic E-state index is 12.1. The Morgan fingerprint density at radius 2 is 1.75 bits per heavy atom. The molecule has 0 atom stereocenters. The van der Waals surface area contributed by atoms with E-state index in [2.05, 4.69) is 39.5 Å². The van der Waals surface area contributed by atoms with Gasteiger partial charge in [-0.1, -0.05) is 42.5 Å². The first-order valence-corrected chi connectivity index (χ1v) is 11.7. The summed E-state index contributed by atoms with van der Waals surface area (Å²) in [7, 11) is 0. The van der Waals surface area contributed by atoms with Crippen molar-refractivity contribution in [3.63, 3.8) is 0 Å². The summed E-state index contributed by atoms with van der Waals surface area (Å²) in [5.41, 5.74) is 5.03. The molecule has 0 unspecified atom stereocenters. The number of anilines is 2. The Bertz CT molecular complexity index is 1370. The molecule has 2 heterocycles. The molecule has 2 N–H and O–H groups in total. The molecule has 0 aliphatic rings. The van der Waals surface area contributed by atoms with Gasteiger partial charge in [0.05, 0.1) is 11.9 Å². The van der Waals surface area contributed by atoms with Gasteiger partial charge in [-0.25, -0.2) is 9.97 Å². The van der Waals surface area contributed by atoms with Crippen molar-refractivity contribution in [2.24, 2.45) is 0 Å². The van der Waals surface area contributed by atoms with Crippen molar-refractivity contribution < 1.29 is 9.59 Å². The van der Waals surface area contributed by atoms with E-state index >= 15 is 0 Å². The molecule has 2 aromatic carbocycles. The van der Waals surface area contributed by atoms with Crippen LogP contribution in [0.1, 0.15) is 41.4 Å². The molecule has 0 radical (unpaired) electrons. The number of aryl methyl sites for hydroxylation is 1. The van der Waals surface area contributed by atoms with Gasteiger partial charge in [-0.2, -0.15) is 5.10 Å². The maximum absolute atomic E-state index is 12.1. The van der Waals surface area contributed by atoms with E-state index in [1.165, 1.54) is 12.2 Å².